The van der Waals surface area contributed by atoms with Crippen molar-refractivity contribution in [2.24, 2.45) is 0 Å². The minimum absolute atomic E-state index is 0.152. The van der Waals surface area contributed by atoms with E-state index in [1.54, 1.807) is 6.20 Å². The number of hydrogen-bond acceptors (Lipinski definition) is 12. The van der Waals surface area contributed by atoms with Gasteiger partial charge in [-0.05, 0) is 41.5 Å². The lowest BCUT2D eigenvalue weighted by atomic mass is 10.1. The molecule has 0 amide bonds. The van der Waals surface area contributed by atoms with Crippen LogP contribution in [0, 0.1) is 0 Å². The van der Waals surface area contributed by atoms with Crippen LogP contribution in [0.25, 0.3) is 0 Å². The van der Waals surface area contributed by atoms with Crippen LogP contribution in [0.15, 0.2) is 18.6 Å². The molecule has 3 heterocycles. The zero-order valence-electron chi connectivity index (χ0n) is 21.7. The van der Waals surface area contributed by atoms with Gasteiger partial charge in [-0.15, -0.1) is 15.3 Å². The highest BCUT2D eigenvalue weighted by atomic mass is 32.3. The molecule has 0 bridgehead atoms. The van der Waals surface area contributed by atoms with Crippen LogP contribution in [0.1, 0.15) is 58.6 Å². The summed E-state index contributed by atoms with van der Waals surface area (Å²) < 4.78 is 36.7. The SMILES string of the molecule is COOS(=O)(=O)OCCn1cc(CN(Cc2cn(C(C)(C)C)nn2)Cc2cn(C(C)(C)C)nn2)nn1. The summed E-state index contributed by atoms with van der Waals surface area (Å²) in [6.07, 6.45) is 5.57. The molecule has 0 saturated carbocycles. The number of aromatic nitrogens is 9. The van der Waals surface area contributed by atoms with Gasteiger partial charge in [-0.2, -0.15) is 8.42 Å². The molecule has 36 heavy (non-hydrogen) atoms. The van der Waals surface area contributed by atoms with Crippen LogP contribution < -0.4 is 0 Å². The summed E-state index contributed by atoms with van der Waals surface area (Å²) in [6.45, 7) is 13.8. The molecule has 0 spiro atoms. The van der Waals surface area contributed by atoms with E-state index in [1.807, 2.05) is 21.8 Å². The minimum Gasteiger partial charge on any atom is -0.285 e. The maximum atomic E-state index is 11.4. The normalized spacial score (nSPS) is 13.1. The van der Waals surface area contributed by atoms with Gasteiger partial charge in [0.15, 0.2) is 0 Å². The smallest absolute Gasteiger partial charge is 0.285 e. The van der Waals surface area contributed by atoms with Crippen molar-refractivity contribution in [1.82, 2.24) is 49.9 Å². The van der Waals surface area contributed by atoms with E-state index in [4.69, 9.17) is 0 Å². The molecule has 0 atom stereocenters. The van der Waals surface area contributed by atoms with Crippen LogP contribution in [-0.4, -0.2) is 72.0 Å². The zero-order valence-corrected chi connectivity index (χ0v) is 22.5. The van der Waals surface area contributed by atoms with Crippen molar-refractivity contribution in [3.8, 4) is 0 Å². The molecule has 3 aromatic rings. The average molecular weight is 527 g/mol. The summed E-state index contributed by atoms with van der Waals surface area (Å²) in [5, 5.41) is 25.4. The van der Waals surface area contributed by atoms with E-state index >= 15 is 0 Å². The molecule has 0 N–H and O–H groups in total. The van der Waals surface area contributed by atoms with Crippen molar-refractivity contribution >= 4 is 10.4 Å². The van der Waals surface area contributed by atoms with E-state index in [0.717, 1.165) is 18.5 Å². The van der Waals surface area contributed by atoms with Crippen LogP contribution in [0.5, 0.6) is 0 Å². The molecule has 0 aliphatic rings. The fraction of sp³-hybridized carbons (Fsp3) is 0.700. The lowest BCUT2D eigenvalue weighted by Gasteiger charge is -2.20. The summed E-state index contributed by atoms with van der Waals surface area (Å²) in [5.74, 6) is 0. The van der Waals surface area contributed by atoms with Crippen LogP contribution in [0.2, 0.25) is 0 Å². The minimum atomic E-state index is -4.22. The molecular weight excluding hydrogens is 492 g/mol. The Morgan fingerprint density at radius 1 is 0.806 bits per heavy atom. The Labute approximate surface area is 210 Å². The maximum Gasteiger partial charge on any atom is 0.426 e. The highest BCUT2D eigenvalue weighted by molar-refractivity contribution is 7.81. The molecule has 0 saturated heterocycles. The highest BCUT2D eigenvalue weighted by Crippen LogP contribution is 2.16. The third-order valence-electron chi connectivity index (χ3n) is 4.90. The summed E-state index contributed by atoms with van der Waals surface area (Å²) in [5.41, 5.74) is 1.92. The van der Waals surface area contributed by atoms with E-state index in [2.05, 4.69) is 90.8 Å². The first kappa shape index (κ1) is 27.8. The standard InChI is InChI=1S/C20H34N10O5S/c1-19(2,3)29-14-17(22-25-29)11-27(12-18-15-30(26-23-18)20(4,5)6)10-16-13-28(24-21-16)8-9-34-36(31,32)35-33-7/h13-15H,8-12H2,1-7H3. The topological polar surface area (TPSA) is 157 Å². The van der Waals surface area contributed by atoms with Gasteiger partial charge in [-0.3, -0.25) is 4.90 Å². The maximum absolute atomic E-state index is 11.4. The predicted octanol–water partition coefficient (Wildman–Crippen LogP) is 1.01. The second-order valence-corrected chi connectivity index (χ2v) is 11.4. The Kier molecular flexibility index (Phi) is 8.55. The van der Waals surface area contributed by atoms with Crippen LogP contribution in [-0.2, 0) is 61.1 Å². The first-order valence-electron chi connectivity index (χ1n) is 11.3. The molecular formula is C20H34N10O5S. The first-order valence-corrected chi connectivity index (χ1v) is 12.6. The van der Waals surface area contributed by atoms with Crippen LogP contribution >= 0.6 is 0 Å². The Morgan fingerprint density at radius 2 is 1.28 bits per heavy atom. The van der Waals surface area contributed by atoms with Crippen LogP contribution in [0.3, 0.4) is 0 Å². The van der Waals surface area contributed by atoms with Gasteiger partial charge in [0.1, 0.15) is 0 Å². The van der Waals surface area contributed by atoms with E-state index in [-0.39, 0.29) is 24.2 Å². The first-order chi connectivity index (χ1) is 16.7. The van der Waals surface area contributed by atoms with Gasteiger partial charge in [-0.1, -0.05) is 20.0 Å². The molecule has 3 rings (SSSR count). The van der Waals surface area contributed by atoms with Crippen molar-refractivity contribution in [3.63, 3.8) is 0 Å². The van der Waals surface area contributed by atoms with Gasteiger partial charge in [0.05, 0.1) is 60.8 Å². The third-order valence-corrected chi connectivity index (χ3v) is 5.66. The molecule has 200 valence electrons. The lowest BCUT2D eigenvalue weighted by molar-refractivity contribution is -0.181. The Bertz CT molecular complexity index is 1170. The van der Waals surface area contributed by atoms with Gasteiger partial charge >= 0.3 is 10.4 Å². The number of rotatable bonds is 12. The van der Waals surface area contributed by atoms with Crippen molar-refractivity contribution in [1.29, 1.82) is 0 Å². The molecule has 3 aromatic heterocycles. The Balaban J connectivity index is 1.70. The Hall–Kier alpha value is -2.79. The van der Waals surface area contributed by atoms with Gasteiger partial charge < -0.3 is 0 Å². The fourth-order valence-electron chi connectivity index (χ4n) is 3.11. The second kappa shape index (κ2) is 11.1. The van der Waals surface area contributed by atoms with E-state index in [1.165, 1.54) is 4.68 Å². The number of nitrogens with zero attached hydrogens (tertiary/aromatic N) is 10. The third kappa shape index (κ3) is 8.12. The number of hydrogen-bond donors (Lipinski definition) is 0. The zero-order chi connectivity index (χ0) is 26.6. The summed E-state index contributed by atoms with van der Waals surface area (Å²) in [7, 11) is -3.15. The predicted molar refractivity (Wildman–Crippen MR) is 126 cm³/mol. The summed E-state index contributed by atoms with van der Waals surface area (Å²) in [6, 6.07) is 0. The lowest BCUT2D eigenvalue weighted by Crippen LogP contribution is -2.24. The molecule has 0 aliphatic heterocycles. The van der Waals surface area contributed by atoms with Crippen molar-refractivity contribution in [3.05, 3.63) is 35.7 Å². The van der Waals surface area contributed by atoms with Crippen molar-refractivity contribution < 1.29 is 21.8 Å². The summed E-state index contributed by atoms with van der Waals surface area (Å²) in [4.78, 5) is 6.23. The van der Waals surface area contributed by atoms with Gasteiger partial charge in [0, 0.05) is 25.8 Å². The van der Waals surface area contributed by atoms with Crippen molar-refractivity contribution in [2.75, 3.05) is 13.7 Å². The molecule has 0 aromatic carbocycles. The van der Waals surface area contributed by atoms with E-state index in [9.17, 15) is 8.42 Å². The van der Waals surface area contributed by atoms with Gasteiger partial charge in [0.2, 0.25) is 0 Å². The molecule has 16 heteroatoms. The monoisotopic (exact) mass is 526 g/mol. The van der Waals surface area contributed by atoms with Gasteiger partial charge in [-0.25, -0.2) is 23.1 Å². The molecule has 0 unspecified atom stereocenters. The molecule has 0 aliphatic carbocycles. The van der Waals surface area contributed by atoms with Crippen LogP contribution in [0.4, 0.5) is 0 Å². The highest BCUT2D eigenvalue weighted by Gasteiger charge is 2.20. The molecule has 15 nitrogen and oxygen atoms in total. The largest absolute Gasteiger partial charge is 0.426 e. The van der Waals surface area contributed by atoms with Gasteiger partial charge in [0.25, 0.3) is 0 Å². The van der Waals surface area contributed by atoms with E-state index < -0.39 is 10.4 Å². The molecule has 0 fully saturated rings. The fourth-order valence-corrected chi connectivity index (χ4v) is 3.59. The Morgan fingerprint density at radius 3 is 1.72 bits per heavy atom. The van der Waals surface area contributed by atoms with Crippen molar-refractivity contribution in [2.45, 2.75) is 78.8 Å². The summed E-state index contributed by atoms with van der Waals surface area (Å²) >= 11 is 0. The second-order valence-electron chi connectivity index (χ2n) is 10.2. The molecule has 0 radical (unpaired) electrons. The quantitative estimate of drug-likeness (QED) is 0.244. The van der Waals surface area contributed by atoms with E-state index in [0.29, 0.717) is 25.3 Å². The average Bonchev–Trinajstić information content (AvgIpc) is 3.48.